The van der Waals surface area contributed by atoms with Crippen LogP contribution in [0.4, 0.5) is 16.2 Å². The first-order valence-corrected chi connectivity index (χ1v) is 6.28. The fraction of sp³-hybridized carbons (Fsp3) is 0.0667. The molecule has 0 aliphatic rings. The van der Waals surface area contributed by atoms with Crippen LogP contribution in [0.1, 0.15) is 5.56 Å². The number of carbonyl (C=O) groups is 1. The molecule has 1 heterocycles. The number of hydrogen-bond donors (Lipinski definition) is 3. The number of nitrogens with one attached hydrogen (secondary N) is 3. The van der Waals surface area contributed by atoms with Gasteiger partial charge in [0.1, 0.15) is 0 Å². The number of anilines is 2. The first kappa shape index (κ1) is 12.2. The second kappa shape index (κ2) is 5.05. The van der Waals surface area contributed by atoms with Crippen LogP contribution in [0.5, 0.6) is 0 Å². The first-order valence-electron chi connectivity index (χ1n) is 6.28. The number of nitrogens with zero attached hydrogens (tertiary/aromatic N) is 1. The van der Waals surface area contributed by atoms with Gasteiger partial charge in [-0.05, 0) is 37.3 Å². The summed E-state index contributed by atoms with van der Waals surface area (Å²) in [7, 11) is 0. The van der Waals surface area contributed by atoms with Crippen molar-refractivity contribution in [2.24, 2.45) is 0 Å². The van der Waals surface area contributed by atoms with E-state index in [1.54, 1.807) is 6.33 Å². The average Bonchev–Trinajstić information content (AvgIpc) is 2.89. The lowest BCUT2D eigenvalue weighted by molar-refractivity contribution is 0.262. The largest absolute Gasteiger partial charge is 0.345 e. The minimum Gasteiger partial charge on any atom is -0.345 e. The number of imidazole rings is 1. The molecule has 0 aliphatic carbocycles. The van der Waals surface area contributed by atoms with Crippen LogP contribution >= 0.6 is 0 Å². The van der Waals surface area contributed by atoms with Gasteiger partial charge in [-0.1, -0.05) is 17.7 Å². The van der Waals surface area contributed by atoms with E-state index in [1.165, 1.54) is 0 Å². The Hall–Kier alpha value is -2.82. The van der Waals surface area contributed by atoms with Crippen LogP contribution in [0.3, 0.4) is 0 Å². The Morgan fingerprint density at radius 2 is 1.75 bits per heavy atom. The predicted molar refractivity (Wildman–Crippen MR) is 79.9 cm³/mol. The molecule has 0 saturated carbocycles. The molecule has 0 atom stereocenters. The maximum atomic E-state index is 11.9. The highest BCUT2D eigenvalue weighted by Gasteiger charge is 2.04. The van der Waals surface area contributed by atoms with E-state index in [-0.39, 0.29) is 6.03 Å². The molecule has 3 aromatic rings. The number of aromatic amines is 1. The Morgan fingerprint density at radius 3 is 2.55 bits per heavy atom. The molecule has 2 amide bonds. The quantitative estimate of drug-likeness (QED) is 0.664. The van der Waals surface area contributed by atoms with Crippen LogP contribution in [0.25, 0.3) is 11.0 Å². The van der Waals surface area contributed by atoms with Crippen molar-refractivity contribution < 1.29 is 4.79 Å². The Labute approximate surface area is 116 Å². The Balaban J connectivity index is 1.70. The van der Waals surface area contributed by atoms with Crippen LogP contribution in [-0.4, -0.2) is 16.0 Å². The van der Waals surface area contributed by atoms with Crippen molar-refractivity contribution in [3.8, 4) is 0 Å². The third-order valence-electron chi connectivity index (χ3n) is 2.99. The minimum atomic E-state index is -0.271. The van der Waals surface area contributed by atoms with E-state index in [0.29, 0.717) is 5.69 Å². The van der Waals surface area contributed by atoms with Crippen LogP contribution in [0.2, 0.25) is 0 Å². The van der Waals surface area contributed by atoms with Gasteiger partial charge in [0.25, 0.3) is 0 Å². The number of fused-ring (bicyclic) bond motifs is 1. The minimum absolute atomic E-state index is 0.271. The van der Waals surface area contributed by atoms with E-state index in [2.05, 4.69) is 20.6 Å². The van der Waals surface area contributed by atoms with E-state index in [1.807, 2.05) is 49.4 Å². The van der Waals surface area contributed by atoms with Crippen molar-refractivity contribution in [2.45, 2.75) is 6.92 Å². The number of amides is 2. The first-order chi connectivity index (χ1) is 9.70. The predicted octanol–water partition coefficient (Wildman–Crippen LogP) is 3.52. The van der Waals surface area contributed by atoms with Crippen molar-refractivity contribution >= 4 is 28.4 Å². The lowest BCUT2D eigenvalue weighted by Crippen LogP contribution is -2.19. The maximum Gasteiger partial charge on any atom is 0.323 e. The molecule has 5 heteroatoms. The number of hydrogen-bond acceptors (Lipinski definition) is 2. The Morgan fingerprint density at radius 1 is 1.05 bits per heavy atom. The third kappa shape index (κ3) is 2.61. The fourth-order valence-corrected chi connectivity index (χ4v) is 1.94. The van der Waals surface area contributed by atoms with Gasteiger partial charge in [-0.3, -0.25) is 0 Å². The molecule has 0 spiro atoms. The molecular formula is C15H14N4O. The molecule has 100 valence electrons. The van der Waals surface area contributed by atoms with E-state index in [4.69, 9.17) is 0 Å². The molecule has 0 fully saturated rings. The number of rotatable bonds is 2. The normalized spacial score (nSPS) is 10.4. The summed E-state index contributed by atoms with van der Waals surface area (Å²) in [5.74, 6) is 0. The lowest BCUT2D eigenvalue weighted by atomic mass is 10.2. The molecule has 0 radical (unpaired) electrons. The van der Waals surface area contributed by atoms with Gasteiger partial charge in [-0.25, -0.2) is 9.78 Å². The van der Waals surface area contributed by atoms with E-state index >= 15 is 0 Å². The summed E-state index contributed by atoms with van der Waals surface area (Å²) in [5.41, 5.74) is 4.38. The molecule has 0 bridgehead atoms. The van der Waals surface area contributed by atoms with Gasteiger partial charge >= 0.3 is 6.03 Å². The highest BCUT2D eigenvalue weighted by atomic mass is 16.2. The van der Waals surface area contributed by atoms with Gasteiger partial charge in [0.05, 0.1) is 17.4 Å². The third-order valence-corrected chi connectivity index (χ3v) is 2.99. The molecule has 0 saturated heterocycles. The molecule has 1 aromatic heterocycles. The van der Waals surface area contributed by atoms with Crippen LogP contribution < -0.4 is 10.6 Å². The van der Waals surface area contributed by atoms with Crippen LogP contribution in [0, 0.1) is 6.92 Å². The molecule has 3 N–H and O–H groups in total. The summed E-state index contributed by atoms with van der Waals surface area (Å²) >= 11 is 0. The van der Waals surface area contributed by atoms with E-state index < -0.39 is 0 Å². The summed E-state index contributed by atoms with van der Waals surface area (Å²) in [6.07, 6.45) is 1.63. The number of carbonyl (C=O) groups excluding carboxylic acids is 1. The number of urea groups is 1. The van der Waals surface area contributed by atoms with E-state index in [9.17, 15) is 4.79 Å². The number of H-pyrrole nitrogens is 1. The van der Waals surface area contributed by atoms with Gasteiger partial charge in [-0.15, -0.1) is 0 Å². The van der Waals surface area contributed by atoms with Gasteiger partial charge in [0.2, 0.25) is 0 Å². The standard InChI is InChI=1S/C15H14N4O/c1-10-2-4-11(5-3-10)18-15(20)19-12-6-7-13-14(8-12)17-9-16-13/h2-9H,1H3,(H,16,17)(H2,18,19,20). The molecule has 2 aromatic carbocycles. The smallest absolute Gasteiger partial charge is 0.323 e. The summed E-state index contributed by atoms with van der Waals surface area (Å²) in [5, 5.41) is 5.57. The molecule has 0 unspecified atom stereocenters. The zero-order chi connectivity index (χ0) is 13.9. The highest BCUT2D eigenvalue weighted by Crippen LogP contribution is 2.16. The monoisotopic (exact) mass is 266 g/mol. The van der Waals surface area contributed by atoms with Crippen molar-refractivity contribution in [1.82, 2.24) is 9.97 Å². The van der Waals surface area contributed by atoms with Crippen molar-refractivity contribution in [1.29, 1.82) is 0 Å². The Bertz CT molecular complexity index is 746. The van der Waals surface area contributed by atoms with Crippen molar-refractivity contribution in [2.75, 3.05) is 10.6 Å². The fourth-order valence-electron chi connectivity index (χ4n) is 1.94. The zero-order valence-electron chi connectivity index (χ0n) is 11.0. The van der Waals surface area contributed by atoms with Gasteiger partial charge in [0, 0.05) is 11.4 Å². The topological polar surface area (TPSA) is 69.8 Å². The highest BCUT2D eigenvalue weighted by molar-refractivity contribution is 6.00. The maximum absolute atomic E-state index is 11.9. The summed E-state index contributed by atoms with van der Waals surface area (Å²) in [6.45, 7) is 2.00. The number of aromatic nitrogens is 2. The van der Waals surface area contributed by atoms with Gasteiger partial charge < -0.3 is 15.6 Å². The number of aryl methyl sites for hydroxylation is 1. The molecule has 20 heavy (non-hydrogen) atoms. The van der Waals surface area contributed by atoms with Crippen LogP contribution in [-0.2, 0) is 0 Å². The van der Waals surface area contributed by atoms with Gasteiger partial charge in [0.15, 0.2) is 0 Å². The molecule has 5 nitrogen and oxygen atoms in total. The van der Waals surface area contributed by atoms with Gasteiger partial charge in [-0.2, -0.15) is 0 Å². The second-order valence-corrected chi connectivity index (χ2v) is 4.58. The lowest BCUT2D eigenvalue weighted by Gasteiger charge is -2.07. The molecular weight excluding hydrogens is 252 g/mol. The zero-order valence-corrected chi connectivity index (χ0v) is 11.0. The molecule has 3 rings (SSSR count). The molecule has 0 aliphatic heterocycles. The van der Waals surface area contributed by atoms with Crippen molar-refractivity contribution in [3.63, 3.8) is 0 Å². The summed E-state index contributed by atoms with van der Waals surface area (Å²) < 4.78 is 0. The number of benzene rings is 2. The second-order valence-electron chi connectivity index (χ2n) is 4.58. The SMILES string of the molecule is Cc1ccc(NC(=O)Nc2ccc3nc[nH]c3c2)cc1. The Kier molecular flexibility index (Phi) is 3.09. The summed E-state index contributed by atoms with van der Waals surface area (Å²) in [4.78, 5) is 19.0. The van der Waals surface area contributed by atoms with E-state index in [0.717, 1.165) is 22.3 Å². The summed E-state index contributed by atoms with van der Waals surface area (Å²) in [6, 6.07) is 12.9. The van der Waals surface area contributed by atoms with Crippen LogP contribution in [0.15, 0.2) is 48.8 Å². The average molecular weight is 266 g/mol. The van der Waals surface area contributed by atoms with Crippen molar-refractivity contribution in [3.05, 3.63) is 54.4 Å².